The summed E-state index contributed by atoms with van der Waals surface area (Å²) in [6.45, 7) is 4.31. The summed E-state index contributed by atoms with van der Waals surface area (Å²) in [7, 11) is 0. The van der Waals surface area contributed by atoms with Crippen LogP contribution in [-0.2, 0) is 0 Å². The number of hydrogen-bond donors (Lipinski definition) is 1. The molecule has 4 rings (SSSR count). The molecule has 4 aromatic rings. The highest BCUT2D eigenvalue weighted by molar-refractivity contribution is 7.28. The van der Waals surface area contributed by atoms with E-state index in [1.165, 1.54) is 26.1 Å². The second-order valence-corrected chi connectivity index (χ2v) is 7.38. The van der Waals surface area contributed by atoms with E-state index in [1.807, 2.05) is 29.5 Å². The Morgan fingerprint density at radius 3 is 2.67 bits per heavy atom. The first-order valence-electron chi connectivity index (χ1n) is 6.78. The van der Waals surface area contributed by atoms with Crippen molar-refractivity contribution in [1.82, 2.24) is 4.98 Å². The monoisotopic (exact) mass is 310 g/mol. The van der Waals surface area contributed by atoms with E-state index in [0.29, 0.717) is 0 Å². The van der Waals surface area contributed by atoms with Gasteiger partial charge in [-0.2, -0.15) is 0 Å². The summed E-state index contributed by atoms with van der Waals surface area (Å²) in [5.74, 6) is 0. The number of aromatic nitrogens is 1. The summed E-state index contributed by atoms with van der Waals surface area (Å²) in [4.78, 5) is 5.96. The molecule has 0 radical (unpaired) electrons. The molecular formula is C17H14N2S2. The number of benzene rings is 2. The maximum absolute atomic E-state index is 6.04. The third kappa shape index (κ3) is 2.03. The molecule has 0 unspecified atom stereocenters. The summed E-state index contributed by atoms with van der Waals surface area (Å²) < 4.78 is 2.43. The molecule has 0 bridgehead atoms. The lowest BCUT2D eigenvalue weighted by Gasteiger charge is -1.97. The number of rotatable bonds is 1. The van der Waals surface area contributed by atoms with Gasteiger partial charge in [0.2, 0.25) is 0 Å². The Morgan fingerprint density at radius 1 is 1.00 bits per heavy atom. The molecule has 2 aromatic carbocycles. The number of aryl methyl sites for hydroxylation is 2. The molecule has 0 amide bonds. The first kappa shape index (κ1) is 12.8. The van der Waals surface area contributed by atoms with Gasteiger partial charge in [0.15, 0.2) is 0 Å². The normalized spacial score (nSPS) is 11.5. The van der Waals surface area contributed by atoms with Crippen LogP contribution in [0.2, 0.25) is 0 Å². The van der Waals surface area contributed by atoms with Crippen LogP contribution in [0.5, 0.6) is 0 Å². The molecule has 0 saturated heterocycles. The highest BCUT2D eigenvalue weighted by Crippen LogP contribution is 2.40. The van der Waals surface area contributed by atoms with Crippen LogP contribution in [0.4, 0.5) is 5.69 Å². The zero-order chi connectivity index (χ0) is 14.6. The molecule has 0 aliphatic carbocycles. The number of hydrogen-bond acceptors (Lipinski definition) is 4. The zero-order valence-corrected chi connectivity index (χ0v) is 13.4. The van der Waals surface area contributed by atoms with E-state index in [2.05, 4.69) is 32.0 Å². The van der Waals surface area contributed by atoms with Gasteiger partial charge in [-0.1, -0.05) is 23.8 Å². The number of anilines is 1. The number of thiophene rings is 1. The van der Waals surface area contributed by atoms with Crippen molar-refractivity contribution in [2.75, 3.05) is 5.73 Å². The predicted octanol–water partition coefficient (Wildman–Crippen LogP) is 5.38. The van der Waals surface area contributed by atoms with Crippen LogP contribution in [-0.4, -0.2) is 4.98 Å². The molecule has 2 N–H and O–H groups in total. The van der Waals surface area contributed by atoms with Crippen molar-refractivity contribution in [3.63, 3.8) is 0 Å². The first-order chi connectivity index (χ1) is 10.1. The maximum atomic E-state index is 6.04. The molecule has 0 aliphatic rings. The molecule has 2 aromatic heterocycles. The Morgan fingerprint density at radius 2 is 1.86 bits per heavy atom. The molecule has 0 saturated carbocycles. The molecule has 0 fully saturated rings. The van der Waals surface area contributed by atoms with Crippen LogP contribution in [0.15, 0.2) is 36.4 Å². The molecule has 21 heavy (non-hydrogen) atoms. The van der Waals surface area contributed by atoms with E-state index in [4.69, 9.17) is 10.7 Å². The van der Waals surface area contributed by atoms with Crippen molar-refractivity contribution in [1.29, 1.82) is 0 Å². The van der Waals surface area contributed by atoms with Gasteiger partial charge in [-0.3, -0.25) is 0 Å². The molecule has 2 heterocycles. The fraction of sp³-hybridized carbons (Fsp3) is 0.118. The molecule has 104 valence electrons. The molecule has 4 heteroatoms. The van der Waals surface area contributed by atoms with Crippen LogP contribution in [0, 0.1) is 13.8 Å². The number of thiazole rings is 1. The summed E-state index contributed by atoms with van der Waals surface area (Å²) in [6.07, 6.45) is 0. The van der Waals surface area contributed by atoms with E-state index in [-0.39, 0.29) is 0 Å². The summed E-state index contributed by atoms with van der Waals surface area (Å²) >= 11 is 3.49. The minimum Gasteiger partial charge on any atom is -0.398 e. The third-order valence-corrected chi connectivity index (χ3v) is 6.18. The maximum Gasteiger partial charge on any atom is 0.134 e. The van der Waals surface area contributed by atoms with Crippen molar-refractivity contribution >= 4 is 48.7 Å². The van der Waals surface area contributed by atoms with Gasteiger partial charge in [-0.25, -0.2) is 4.98 Å². The van der Waals surface area contributed by atoms with Crippen molar-refractivity contribution in [3.8, 4) is 9.88 Å². The van der Waals surface area contributed by atoms with Crippen LogP contribution in [0.25, 0.3) is 30.2 Å². The van der Waals surface area contributed by atoms with Crippen LogP contribution in [0.3, 0.4) is 0 Å². The Bertz CT molecular complexity index is 979. The van der Waals surface area contributed by atoms with Crippen molar-refractivity contribution < 1.29 is 0 Å². The van der Waals surface area contributed by atoms with Gasteiger partial charge in [0.1, 0.15) is 5.01 Å². The van der Waals surface area contributed by atoms with Crippen molar-refractivity contribution in [3.05, 3.63) is 47.5 Å². The summed E-state index contributed by atoms with van der Waals surface area (Å²) in [6, 6.07) is 12.6. The van der Waals surface area contributed by atoms with Crippen LogP contribution >= 0.6 is 22.7 Å². The fourth-order valence-corrected chi connectivity index (χ4v) is 4.84. The molecular weight excluding hydrogens is 296 g/mol. The van der Waals surface area contributed by atoms with Gasteiger partial charge in [-0.15, -0.1) is 22.7 Å². The average Bonchev–Trinajstić information content (AvgIpc) is 3.02. The highest BCUT2D eigenvalue weighted by atomic mass is 32.1. The quantitative estimate of drug-likeness (QED) is 0.480. The lowest BCUT2D eigenvalue weighted by molar-refractivity contribution is 1.44. The number of nitrogens with two attached hydrogens (primary N) is 1. The number of nitrogens with zero attached hydrogens (tertiary/aromatic N) is 1. The Balaban J connectivity index is 1.96. The molecule has 2 nitrogen and oxygen atoms in total. The summed E-state index contributed by atoms with van der Waals surface area (Å²) in [5, 5.41) is 2.36. The second kappa shape index (κ2) is 4.55. The fourth-order valence-electron chi connectivity index (χ4n) is 2.70. The Hall–Kier alpha value is -1.91. The van der Waals surface area contributed by atoms with E-state index in [1.54, 1.807) is 11.3 Å². The van der Waals surface area contributed by atoms with Crippen LogP contribution in [0.1, 0.15) is 11.1 Å². The largest absolute Gasteiger partial charge is 0.398 e. The van der Waals surface area contributed by atoms with Gasteiger partial charge < -0.3 is 5.73 Å². The molecule has 0 aliphatic heterocycles. The first-order valence-corrected chi connectivity index (χ1v) is 8.41. The van der Waals surface area contributed by atoms with Crippen molar-refractivity contribution in [2.24, 2.45) is 0 Å². The average molecular weight is 310 g/mol. The lowest BCUT2D eigenvalue weighted by atomic mass is 10.1. The molecule has 0 spiro atoms. The highest BCUT2D eigenvalue weighted by Gasteiger charge is 2.12. The zero-order valence-electron chi connectivity index (χ0n) is 11.8. The van der Waals surface area contributed by atoms with Gasteiger partial charge in [0.05, 0.1) is 20.8 Å². The minimum absolute atomic E-state index is 0.810. The van der Waals surface area contributed by atoms with Gasteiger partial charge in [-0.05, 0) is 43.0 Å². The number of nitrogen functional groups attached to an aromatic ring is 1. The van der Waals surface area contributed by atoms with Crippen molar-refractivity contribution in [2.45, 2.75) is 13.8 Å². The Labute approximate surface area is 130 Å². The third-order valence-electron chi connectivity index (χ3n) is 3.60. The smallest absolute Gasteiger partial charge is 0.134 e. The van der Waals surface area contributed by atoms with Crippen LogP contribution < -0.4 is 5.73 Å². The van der Waals surface area contributed by atoms with Gasteiger partial charge in [0.25, 0.3) is 0 Å². The summed E-state index contributed by atoms with van der Waals surface area (Å²) in [5.41, 5.74) is 10.5. The predicted molar refractivity (Wildman–Crippen MR) is 94.3 cm³/mol. The lowest BCUT2D eigenvalue weighted by Crippen LogP contribution is -1.82. The SMILES string of the molecule is Cc1cc(C)c2sc(-c3nc4cccc(N)c4s3)cc2c1. The van der Waals surface area contributed by atoms with E-state index in [9.17, 15) is 0 Å². The minimum atomic E-state index is 0.810. The topological polar surface area (TPSA) is 38.9 Å². The van der Waals surface area contributed by atoms with Gasteiger partial charge in [0, 0.05) is 4.70 Å². The van der Waals surface area contributed by atoms with E-state index in [0.717, 1.165) is 20.9 Å². The Kier molecular flexibility index (Phi) is 2.77. The molecule has 0 atom stereocenters. The standard InChI is InChI=1S/C17H14N2S2/c1-9-6-10(2)15-11(7-9)8-14(20-15)17-19-13-5-3-4-12(18)16(13)21-17/h3-8H,18H2,1-2H3. The van der Waals surface area contributed by atoms with E-state index >= 15 is 0 Å². The second-order valence-electron chi connectivity index (χ2n) is 5.33. The van der Waals surface area contributed by atoms with Gasteiger partial charge >= 0.3 is 0 Å². The van der Waals surface area contributed by atoms with E-state index < -0.39 is 0 Å². The number of fused-ring (bicyclic) bond motifs is 2.